The van der Waals surface area contributed by atoms with Gasteiger partial charge < -0.3 is 14.0 Å². The van der Waals surface area contributed by atoms with Gasteiger partial charge in [-0.05, 0) is 76.2 Å². The molecule has 2 fully saturated rings. The maximum atomic E-state index is 6.31. The molecule has 0 aliphatic carbocycles. The van der Waals surface area contributed by atoms with Crippen LogP contribution in [0.5, 0.6) is 5.75 Å². The van der Waals surface area contributed by atoms with Crippen molar-refractivity contribution in [2.45, 2.75) is 71.6 Å². The molecule has 2 heterocycles. The lowest BCUT2D eigenvalue weighted by Gasteiger charge is -2.33. The third kappa shape index (κ3) is 3.95. The zero-order valence-electron chi connectivity index (χ0n) is 17.3. The molecule has 26 heavy (non-hydrogen) atoms. The van der Waals surface area contributed by atoms with Crippen LogP contribution in [0, 0.1) is 5.92 Å². The first-order valence-corrected chi connectivity index (χ1v) is 10.0. The summed E-state index contributed by atoms with van der Waals surface area (Å²) in [6, 6.07) is 6.27. The summed E-state index contributed by atoms with van der Waals surface area (Å²) in [7, 11) is 1.40. The number of nitrogens with zero attached hydrogens (tertiary/aromatic N) is 1. The summed E-state index contributed by atoms with van der Waals surface area (Å²) in [6.45, 7) is 14.0. The monoisotopic (exact) mass is 359 g/mol. The standard InChI is InChI=1S/C21H34BNO3/c1-7-16-9-8-12-23(14-16)15-17-13-18(24-6)10-11-19(17)22-25-20(2,3)21(4,5)26-22/h10-11,13,16H,7-9,12,14-15H2,1-6H3. The van der Waals surface area contributed by atoms with E-state index in [1.54, 1.807) is 7.11 Å². The van der Waals surface area contributed by atoms with Crippen LogP contribution in [0.25, 0.3) is 0 Å². The predicted octanol–water partition coefficient (Wildman–Crippen LogP) is 3.62. The maximum absolute atomic E-state index is 6.31. The molecular weight excluding hydrogens is 325 g/mol. The van der Waals surface area contributed by atoms with E-state index in [4.69, 9.17) is 14.0 Å². The average molecular weight is 359 g/mol. The first-order valence-electron chi connectivity index (χ1n) is 10.0. The minimum atomic E-state index is -0.326. The Morgan fingerprint density at radius 3 is 2.50 bits per heavy atom. The second-order valence-corrected chi connectivity index (χ2v) is 8.80. The summed E-state index contributed by atoms with van der Waals surface area (Å²) >= 11 is 0. The predicted molar refractivity (Wildman–Crippen MR) is 107 cm³/mol. The van der Waals surface area contributed by atoms with Crippen LogP contribution in [-0.2, 0) is 15.9 Å². The van der Waals surface area contributed by atoms with Crippen LogP contribution < -0.4 is 10.2 Å². The third-order valence-corrected chi connectivity index (χ3v) is 6.43. The molecule has 1 atom stereocenters. The van der Waals surface area contributed by atoms with E-state index < -0.39 is 0 Å². The van der Waals surface area contributed by atoms with E-state index in [1.165, 1.54) is 31.4 Å². The van der Waals surface area contributed by atoms with Gasteiger partial charge in [0.25, 0.3) is 0 Å². The molecule has 2 saturated heterocycles. The third-order valence-electron chi connectivity index (χ3n) is 6.43. The lowest BCUT2D eigenvalue weighted by Crippen LogP contribution is -2.41. The molecule has 2 aliphatic rings. The minimum Gasteiger partial charge on any atom is -0.497 e. The van der Waals surface area contributed by atoms with Gasteiger partial charge in [-0.3, -0.25) is 4.90 Å². The normalized spacial score (nSPS) is 25.5. The Balaban J connectivity index is 1.85. The fourth-order valence-corrected chi connectivity index (χ4v) is 3.92. The lowest BCUT2D eigenvalue weighted by atomic mass is 9.75. The molecule has 144 valence electrons. The Labute approximate surface area is 159 Å². The molecule has 1 aromatic carbocycles. The van der Waals surface area contributed by atoms with Crippen molar-refractivity contribution in [2.75, 3.05) is 20.2 Å². The van der Waals surface area contributed by atoms with Crippen LogP contribution in [0.15, 0.2) is 18.2 Å². The van der Waals surface area contributed by atoms with Gasteiger partial charge in [0, 0.05) is 13.1 Å². The Morgan fingerprint density at radius 2 is 1.88 bits per heavy atom. The van der Waals surface area contributed by atoms with E-state index in [2.05, 4.69) is 51.7 Å². The number of likely N-dealkylation sites (tertiary alicyclic amines) is 1. The minimum absolute atomic E-state index is 0.326. The number of ether oxygens (including phenoxy) is 1. The van der Waals surface area contributed by atoms with Gasteiger partial charge in [-0.25, -0.2) is 0 Å². The van der Waals surface area contributed by atoms with Gasteiger partial charge in [0.15, 0.2) is 0 Å². The van der Waals surface area contributed by atoms with Gasteiger partial charge in [-0.15, -0.1) is 0 Å². The molecule has 2 aliphatic heterocycles. The molecule has 0 aromatic heterocycles. The van der Waals surface area contributed by atoms with Crippen molar-refractivity contribution >= 4 is 12.6 Å². The van der Waals surface area contributed by atoms with Crippen molar-refractivity contribution in [3.8, 4) is 5.75 Å². The number of hydrogen-bond donors (Lipinski definition) is 0. The van der Waals surface area contributed by atoms with E-state index in [9.17, 15) is 0 Å². The highest BCUT2D eigenvalue weighted by atomic mass is 16.7. The fraction of sp³-hybridized carbons (Fsp3) is 0.714. The maximum Gasteiger partial charge on any atom is 0.495 e. The van der Waals surface area contributed by atoms with Crippen LogP contribution >= 0.6 is 0 Å². The van der Waals surface area contributed by atoms with Gasteiger partial charge in [-0.1, -0.05) is 19.4 Å². The van der Waals surface area contributed by atoms with Crippen molar-refractivity contribution < 1.29 is 14.0 Å². The van der Waals surface area contributed by atoms with Crippen molar-refractivity contribution in [1.29, 1.82) is 0 Å². The van der Waals surface area contributed by atoms with E-state index in [1.807, 2.05) is 6.07 Å². The topological polar surface area (TPSA) is 30.9 Å². The molecule has 4 nitrogen and oxygen atoms in total. The fourth-order valence-electron chi connectivity index (χ4n) is 3.92. The summed E-state index contributed by atoms with van der Waals surface area (Å²) < 4.78 is 18.1. The Morgan fingerprint density at radius 1 is 1.19 bits per heavy atom. The second-order valence-electron chi connectivity index (χ2n) is 8.80. The number of hydrogen-bond acceptors (Lipinski definition) is 4. The Hall–Kier alpha value is -1.04. The molecular formula is C21H34BNO3. The average Bonchev–Trinajstić information content (AvgIpc) is 2.82. The number of methoxy groups -OCH3 is 1. The van der Waals surface area contributed by atoms with Gasteiger partial charge in [0.1, 0.15) is 5.75 Å². The lowest BCUT2D eigenvalue weighted by molar-refractivity contribution is 0.00578. The first-order chi connectivity index (χ1) is 12.3. The van der Waals surface area contributed by atoms with E-state index >= 15 is 0 Å². The van der Waals surface area contributed by atoms with Gasteiger partial charge in [0.05, 0.1) is 18.3 Å². The summed E-state index contributed by atoms with van der Waals surface area (Å²) in [5, 5.41) is 0. The highest BCUT2D eigenvalue weighted by Gasteiger charge is 2.52. The summed E-state index contributed by atoms with van der Waals surface area (Å²) in [4.78, 5) is 2.57. The molecule has 0 spiro atoms. The van der Waals surface area contributed by atoms with Crippen molar-refractivity contribution in [2.24, 2.45) is 5.92 Å². The second kappa shape index (κ2) is 7.53. The molecule has 3 rings (SSSR count). The van der Waals surface area contributed by atoms with E-state index in [0.29, 0.717) is 0 Å². The molecule has 5 heteroatoms. The van der Waals surface area contributed by atoms with Crippen molar-refractivity contribution in [3.05, 3.63) is 23.8 Å². The number of rotatable bonds is 5. The quantitative estimate of drug-likeness (QED) is 0.752. The number of piperidine rings is 1. The van der Waals surface area contributed by atoms with Crippen molar-refractivity contribution in [3.63, 3.8) is 0 Å². The largest absolute Gasteiger partial charge is 0.497 e. The van der Waals surface area contributed by atoms with E-state index in [-0.39, 0.29) is 18.3 Å². The highest BCUT2D eigenvalue weighted by Crippen LogP contribution is 2.37. The van der Waals surface area contributed by atoms with E-state index in [0.717, 1.165) is 30.2 Å². The molecule has 0 amide bonds. The molecule has 1 aromatic rings. The van der Waals surface area contributed by atoms with Crippen LogP contribution in [0.1, 0.15) is 59.4 Å². The van der Waals surface area contributed by atoms with Gasteiger partial charge in [-0.2, -0.15) is 0 Å². The van der Waals surface area contributed by atoms with Crippen molar-refractivity contribution in [1.82, 2.24) is 4.90 Å². The SMILES string of the molecule is CCC1CCCN(Cc2cc(OC)ccc2B2OC(C)(C)C(C)(C)O2)C1. The molecule has 0 N–H and O–H groups in total. The first kappa shape index (κ1) is 19.7. The molecule has 0 bridgehead atoms. The molecule has 0 radical (unpaired) electrons. The van der Waals surface area contributed by atoms with Crippen LogP contribution in [0.4, 0.5) is 0 Å². The van der Waals surface area contributed by atoms with Crippen LogP contribution in [0.3, 0.4) is 0 Å². The van der Waals surface area contributed by atoms with Crippen LogP contribution in [-0.4, -0.2) is 43.4 Å². The zero-order chi connectivity index (χ0) is 18.9. The summed E-state index contributed by atoms with van der Waals surface area (Å²) in [5.41, 5.74) is 1.73. The summed E-state index contributed by atoms with van der Waals surface area (Å²) in [6.07, 6.45) is 3.90. The smallest absolute Gasteiger partial charge is 0.495 e. The molecule has 0 saturated carbocycles. The summed E-state index contributed by atoms with van der Waals surface area (Å²) in [5.74, 6) is 1.71. The van der Waals surface area contributed by atoms with Gasteiger partial charge >= 0.3 is 7.12 Å². The van der Waals surface area contributed by atoms with Crippen LogP contribution in [0.2, 0.25) is 0 Å². The number of benzene rings is 1. The van der Waals surface area contributed by atoms with Gasteiger partial charge in [0.2, 0.25) is 0 Å². The Kier molecular flexibility index (Phi) is 5.71. The Bertz CT molecular complexity index is 616. The molecule has 1 unspecified atom stereocenters. The zero-order valence-corrected chi connectivity index (χ0v) is 17.3. The highest BCUT2D eigenvalue weighted by molar-refractivity contribution is 6.62.